The van der Waals surface area contributed by atoms with Crippen molar-refractivity contribution >= 4 is 0 Å². The molecule has 0 saturated heterocycles. The maximum absolute atomic E-state index is 5.19. The van der Waals surface area contributed by atoms with Gasteiger partial charge in [0.2, 0.25) is 0 Å². The monoisotopic (exact) mass is 270 g/mol. The van der Waals surface area contributed by atoms with Gasteiger partial charge in [0, 0.05) is 21.1 Å². The Kier molecular flexibility index (Phi) is 14.9. The van der Waals surface area contributed by atoms with Crippen LogP contribution in [-0.2, 0) is 21.1 Å². The third-order valence-corrected chi connectivity index (χ3v) is 0.704. The predicted molar refractivity (Wildman–Crippen MR) is 28.3 cm³/mol. The van der Waals surface area contributed by atoms with Gasteiger partial charge >= 0.3 is 0 Å². The second-order valence-corrected chi connectivity index (χ2v) is 1.35. The topological polar surface area (TPSA) is 26.0 Å². The maximum atomic E-state index is 5.19. The molecule has 0 unspecified atom stereocenters. The van der Waals surface area contributed by atoms with Crippen LogP contribution in [0.4, 0.5) is 0 Å². The Hall–Kier alpha value is 0.648. The largest absolute Gasteiger partial charge is 0.343 e. The van der Waals surface area contributed by atoms with E-state index >= 15 is 0 Å². The van der Waals surface area contributed by atoms with Gasteiger partial charge in [-0.2, -0.15) is 6.42 Å². The van der Waals surface area contributed by atoms with Crippen molar-refractivity contribution in [1.82, 2.24) is 0 Å². The van der Waals surface area contributed by atoms with Crippen molar-refractivity contribution in [2.24, 2.45) is 5.73 Å². The molecule has 44 valence electrons. The Morgan fingerprint density at radius 2 is 1.86 bits per heavy atom. The molecule has 0 fully saturated rings. The fourth-order valence-corrected chi connectivity index (χ4v) is 0.321. The molecule has 0 aromatic rings. The normalized spacial score (nSPS) is 7.71. The third-order valence-electron chi connectivity index (χ3n) is 0.704. The minimum Gasteiger partial charge on any atom is -0.343 e. The molecule has 7 heavy (non-hydrogen) atoms. The van der Waals surface area contributed by atoms with Gasteiger partial charge in [0.15, 0.2) is 0 Å². The Morgan fingerprint density at radius 1 is 1.29 bits per heavy atom. The fourth-order valence-electron chi connectivity index (χ4n) is 0.321. The van der Waals surface area contributed by atoms with Crippen molar-refractivity contribution in [1.29, 1.82) is 0 Å². The molecule has 0 bridgehead atoms. The summed E-state index contributed by atoms with van der Waals surface area (Å²) in [6, 6.07) is 0. The molecule has 2 heteroatoms. The van der Waals surface area contributed by atoms with E-state index in [1.165, 1.54) is 6.42 Å². The van der Waals surface area contributed by atoms with E-state index in [4.69, 9.17) is 5.73 Å². The van der Waals surface area contributed by atoms with Gasteiger partial charge in [-0.15, -0.1) is 0 Å². The Labute approximate surface area is 59.9 Å². The molecule has 2 N–H and O–H groups in total. The van der Waals surface area contributed by atoms with Gasteiger partial charge in [-0.25, -0.2) is 0 Å². The molecule has 0 spiro atoms. The predicted octanol–water partition coefficient (Wildman–Crippen LogP) is 0.947. The molecule has 1 nitrogen and oxygen atoms in total. The van der Waals surface area contributed by atoms with Crippen LogP contribution in [-0.4, -0.2) is 6.54 Å². The summed E-state index contributed by atoms with van der Waals surface area (Å²) in [7, 11) is 0. The number of hydrogen-bond acceptors (Lipinski definition) is 1. The molecular formula is C5H12NW-. The van der Waals surface area contributed by atoms with Crippen LogP contribution in [0.25, 0.3) is 0 Å². The van der Waals surface area contributed by atoms with Crippen molar-refractivity contribution in [3.8, 4) is 0 Å². The molecule has 0 heterocycles. The molecule has 0 aliphatic carbocycles. The fraction of sp³-hybridized carbons (Fsp3) is 0.800. The summed E-state index contributed by atoms with van der Waals surface area (Å²) in [6.07, 6.45) is 3.33. The molecule has 0 aliphatic heterocycles. The van der Waals surface area contributed by atoms with Crippen LogP contribution in [0.3, 0.4) is 0 Å². The number of hydrogen-bond donors (Lipinski definition) is 1. The van der Waals surface area contributed by atoms with Crippen LogP contribution in [0.2, 0.25) is 0 Å². The molecule has 0 rings (SSSR count). The third kappa shape index (κ3) is 10.8. The first-order chi connectivity index (χ1) is 2.91. The zero-order valence-electron chi connectivity index (χ0n) is 4.52. The summed E-state index contributed by atoms with van der Waals surface area (Å²) >= 11 is 0. The van der Waals surface area contributed by atoms with E-state index in [-0.39, 0.29) is 21.1 Å². The first kappa shape index (κ1) is 10.6. The van der Waals surface area contributed by atoms with Crippen molar-refractivity contribution in [2.45, 2.75) is 19.3 Å². The minimum atomic E-state index is 0. The van der Waals surface area contributed by atoms with Gasteiger partial charge in [0.1, 0.15) is 0 Å². The average Bonchev–Trinajstić information content (AvgIpc) is 1.61. The second kappa shape index (κ2) is 9.82. The summed E-state index contributed by atoms with van der Waals surface area (Å²) < 4.78 is 0. The van der Waals surface area contributed by atoms with Crippen molar-refractivity contribution in [3.63, 3.8) is 0 Å². The zero-order valence-corrected chi connectivity index (χ0v) is 7.45. The van der Waals surface area contributed by atoms with E-state index in [9.17, 15) is 0 Å². The molecule has 0 saturated carbocycles. The summed E-state index contributed by atoms with van der Waals surface area (Å²) in [5, 5.41) is 0. The molecule has 0 aromatic carbocycles. The SMILES string of the molecule is [CH2-]CCCCN.[W]. The smallest absolute Gasteiger partial charge is 0 e. The Morgan fingerprint density at radius 3 is 2.00 bits per heavy atom. The van der Waals surface area contributed by atoms with Crippen LogP contribution in [0.15, 0.2) is 0 Å². The molecule has 0 aliphatic rings. The molecule has 0 atom stereocenters. The quantitative estimate of drug-likeness (QED) is 0.599. The molecule has 0 aromatic heterocycles. The van der Waals surface area contributed by atoms with Gasteiger partial charge in [-0.05, 0) is 13.0 Å². The summed E-state index contributed by atoms with van der Waals surface area (Å²) in [6.45, 7) is 4.48. The van der Waals surface area contributed by atoms with Crippen LogP contribution >= 0.6 is 0 Å². The van der Waals surface area contributed by atoms with E-state index in [0.29, 0.717) is 0 Å². The van der Waals surface area contributed by atoms with Crippen molar-refractivity contribution in [2.75, 3.05) is 6.54 Å². The average molecular weight is 270 g/mol. The van der Waals surface area contributed by atoms with Crippen LogP contribution in [0.1, 0.15) is 19.3 Å². The van der Waals surface area contributed by atoms with Gasteiger partial charge in [-0.1, -0.05) is 6.42 Å². The standard InChI is InChI=1S/C5H12N.W/c1-2-3-4-5-6;/h1-6H2;/q-1;. The van der Waals surface area contributed by atoms with E-state index in [1.807, 2.05) is 0 Å². The first-order valence-corrected chi connectivity index (χ1v) is 2.41. The van der Waals surface area contributed by atoms with E-state index in [1.54, 1.807) is 0 Å². The molecular weight excluding hydrogens is 258 g/mol. The van der Waals surface area contributed by atoms with Gasteiger partial charge in [-0.3, -0.25) is 0 Å². The van der Waals surface area contributed by atoms with Gasteiger partial charge < -0.3 is 12.7 Å². The van der Waals surface area contributed by atoms with Gasteiger partial charge in [0.05, 0.1) is 0 Å². The van der Waals surface area contributed by atoms with Crippen LogP contribution in [0, 0.1) is 6.92 Å². The van der Waals surface area contributed by atoms with Gasteiger partial charge in [0.25, 0.3) is 0 Å². The first-order valence-electron chi connectivity index (χ1n) is 2.41. The van der Waals surface area contributed by atoms with Crippen molar-refractivity contribution < 1.29 is 21.1 Å². The van der Waals surface area contributed by atoms with Crippen LogP contribution < -0.4 is 5.73 Å². The molecule has 0 radical (unpaired) electrons. The van der Waals surface area contributed by atoms with E-state index in [0.717, 1.165) is 19.4 Å². The summed E-state index contributed by atoms with van der Waals surface area (Å²) in [5.41, 5.74) is 5.19. The summed E-state index contributed by atoms with van der Waals surface area (Å²) in [4.78, 5) is 0. The number of rotatable bonds is 3. The van der Waals surface area contributed by atoms with E-state index < -0.39 is 0 Å². The summed E-state index contributed by atoms with van der Waals surface area (Å²) in [5.74, 6) is 0. The van der Waals surface area contributed by atoms with Crippen molar-refractivity contribution in [3.05, 3.63) is 6.92 Å². The number of unbranched alkanes of at least 4 members (excludes halogenated alkanes) is 2. The zero-order chi connectivity index (χ0) is 4.83. The Bertz CT molecular complexity index is 20.0. The maximum Gasteiger partial charge on any atom is 0 e. The van der Waals surface area contributed by atoms with E-state index in [2.05, 4.69) is 6.92 Å². The Balaban J connectivity index is 0. The van der Waals surface area contributed by atoms with Crippen LogP contribution in [0.5, 0.6) is 0 Å². The molecule has 0 amide bonds. The minimum absolute atomic E-state index is 0. The second-order valence-electron chi connectivity index (χ2n) is 1.35. The number of nitrogens with two attached hydrogens (primary N) is 1.